The fourth-order valence-corrected chi connectivity index (χ4v) is 2.57. The van der Waals surface area contributed by atoms with E-state index < -0.39 is 0 Å². The van der Waals surface area contributed by atoms with E-state index in [1.165, 1.54) is 0 Å². The molecule has 0 spiro atoms. The van der Waals surface area contributed by atoms with Crippen molar-refractivity contribution in [2.24, 2.45) is 0 Å². The van der Waals surface area contributed by atoms with Gasteiger partial charge in [-0.25, -0.2) is 9.48 Å². The molecule has 0 amide bonds. The van der Waals surface area contributed by atoms with Crippen LogP contribution in [0.15, 0.2) is 30.3 Å². The average Bonchev–Trinajstić information content (AvgIpc) is 2.97. The van der Waals surface area contributed by atoms with Crippen LogP contribution in [-0.4, -0.2) is 21.0 Å². The van der Waals surface area contributed by atoms with E-state index in [1.807, 2.05) is 45.9 Å². The van der Waals surface area contributed by atoms with Crippen LogP contribution in [0, 0.1) is 20.8 Å². The number of nitrogens with zero attached hydrogens (tertiary/aromatic N) is 3. The predicted molar refractivity (Wildman–Crippen MR) is 88.8 cm³/mol. The summed E-state index contributed by atoms with van der Waals surface area (Å²) in [5.41, 5.74) is 5.10. The predicted octanol–water partition coefficient (Wildman–Crippen LogP) is 3.60. The van der Waals surface area contributed by atoms with Gasteiger partial charge in [0.1, 0.15) is 11.3 Å². The molecule has 0 aliphatic carbocycles. The van der Waals surface area contributed by atoms with Gasteiger partial charge in [-0.15, -0.1) is 5.10 Å². The van der Waals surface area contributed by atoms with Gasteiger partial charge < -0.3 is 4.74 Å². The lowest BCUT2D eigenvalue weighted by Crippen LogP contribution is -2.10. The highest BCUT2D eigenvalue weighted by Crippen LogP contribution is 2.27. The summed E-state index contributed by atoms with van der Waals surface area (Å²) in [5.74, 6) is 0.252. The second-order valence-corrected chi connectivity index (χ2v) is 5.65. The molecule has 5 heteroatoms. The van der Waals surface area contributed by atoms with Crippen molar-refractivity contribution in [2.45, 2.75) is 34.2 Å². The Morgan fingerprint density at radius 3 is 2.61 bits per heavy atom. The third-order valence-corrected chi connectivity index (χ3v) is 4.12. The number of aryl methyl sites for hydroxylation is 3. The van der Waals surface area contributed by atoms with E-state index in [9.17, 15) is 4.79 Å². The third kappa shape index (κ3) is 2.70. The summed E-state index contributed by atoms with van der Waals surface area (Å²) < 4.78 is 7.42. The van der Waals surface area contributed by atoms with E-state index in [0.29, 0.717) is 16.8 Å². The standard InChI is InChI=1S/C18H19N3O2/c1-5-21-16-9-8-14(10-15(16)19-20-21)18(22)23-17-12(3)7-6-11(2)13(17)4/h6-10H,5H2,1-4H3. The number of esters is 1. The zero-order valence-corrected chi connectivity index (χ0v) is 13.8. The van der Waals surface area contributed by atoms with Gasteiger partial charge >= 0.3 is 5.97 Å². The molecule has 0 aliphatic rings. The lowest BCUT2D eigenvalue weighted by atomic mass is 10.1. The van der Waals surface area contributed by atoms with E-state index in [4.69, 9.17) is 4.74 Å². The molecule has 118 valence electrons. The number of rotatable bonds is 3. The largest absolute Gasteiger partial charge is 0.422 e. The number of hydrogen-bond donors (Lipinski definition) is 0. The summed E-state index contributed by atoms with van der Waals surface area (Å²) in [6, 6.07) is 9.31. The molecule has 0 bridgehead atoms. The first-order valence-corrected chi connectivity index (χ1v) is 7.63. The second kappa shape index (κ2) is 5.83. The first kappa shape index (κ1) is 15.2. The van der Waals surface area contributed by atoms with Gasteiger partial charge in [-0.1, -0.05) is 17.3 Å². The minimum absolute atomic E-state index is 0.380. The van der Waals surface area contributed by atoms with Crippen LogP contribution in [0.2, 0.25) is 0 Å². The van der Waals surface area contributed by atoms with Gasteiger partial charge in [0.05, 0.1) is 11.1 Å². The molecule has 0 radical (unpaired) electrons. The smallest absolute Gasteiger partial charge is 0.343 e. The van der Waals surface area contributed by atoms with E-state index in [0.717, 1.165) is 28.8 Å². The van der Waals surface area contributed by atoms with Gasteiger partial charge in [-0.2, -0.15) is 0 Å². The summed E-state index contributed by atoms with van der Waals surface area (Å²) in [5, 5.41) is 8.15. The Kier molecular flexibility index (Phi) is 3.86. The Morgan fingerprint density at radius 2 is 1.87 bits per heavy atom. The van der Waals surface area contributed by atoms with Crippen molar-refractivity contribution >= 4 is 17.0 Å². The van der Waals surface area contributed by atoms with Crippen molar-refractivity contribution in [2.75, 3.05) is 0 Å². The second-order valence-electron chi connectivity index (χ2n) is 5.65. The zero-order valence-electron chi connectivity index (χ0n) is 13.8. The SMILES string of the molecule is CCn1nnc2cc(C(=O)Oc3c(C)ccc(C)c3C)ccc21. The molecular formula is C18H19N3O2. The molecule has 1 heterocycles. The normalized spacial score (nSPS) is 11.0. The van der Waals surface area contributed by atoms with Crippen molar-refractivity contribution < 1.29 is 9.53 Å². The van der Waals surface area contributed by atoms with E-state index >= 15 is 0 Å². The lowest BCUT2D eigenvalue weighted by Gasteiger charge is -2.12. The Morgan fingerprint density at radius 1 is 1.13 bits per heavy atom. The third-order valence-electron chi connectivity index (χ3n) is 4.12. The number of carbonyl (C=O) groups is 1. The molecule has 0 N–H and O–H groups in total. The average molecular weight is 309 g/mol. The molecule has 0 aliphatic heterocycles. The molecule has 0 fully saturated rings. The van der Waals surface area contributed by atoms with E-state index in [2.05, 4.69) is 10.3 Å². The molecule has 1 aromatic heterocycles. The van der Waals surface area contributed by atoms with Crippen LogP contribution < -0.4 is 4.74 Å². The van der Waals surface area contributed by atoms with Gasteiger partial charge in [-0.3, -0.25) is 0 Å². The molecular weight excluding hydrogens is 290 g/mol. The molecule has 0 saturated carbocycles. The summed E-state index contributed by atoms with van der Waals surface area (Å²) in [6.45, 7) is 8.63. The quantitative estimate of drug-likeness (QED) is 0.548. The fraction of sp³-hybridized carbons (Fsp3) is 0.278. The molecule has 2 aromatic carbocycles. The number of aromatic nitrogens is 3. The minimum Gasteiger partial charge on any atom is -0.422 e. The molecule has 3 rings (SSSR count). The maximum Gasteiger partial charge on any atom is 0.343 e. The van der Waals surface area contributed by atoms with Crippen molar-refractivity contribution in [1.29, 1.82) is 0 Å². The van der Waals surface area contributed by atoms with Crippen molar-refractivity contribution in [3.63, 3.8) is 0 Å². The Balaban J connectivity index is 1.94. The summed E-state index contributed by atoms with van der Waals surface area (Å²) in [6.07, 6.45) is 0. The topological polar surface area (TPSA) is 57.0 Å². The minimum atomic E-state index is -0.380. The molecule has 0 saturated heterocycles. The highest BCUT2D eigenvalue weighted by Gasteiger charge is 2.15. The van der Waals surface area contributed by atoms with Crippen LogP contribution in [0.1, 0.15) is 34.0 Å². The van der Waals surface area contributed by atoms with Crippen molar-refractivity contribution in [3.8, 4) is 5.75 Å². The maximum absolute atomic E-state index is 12.5. The van der Waals surface area contributed by atoms with Gasteiger partial charge in [0.2, 0.25) is 0 Å². The Bertz CT molecular complexity index is 897. The highest BCUT2D eigenvalue weighted by atomic mass is 16.5. The van der Waals surface area contributed by atoms with Crippen LogP contribution >= 0.6 is 0 Å². The van der Waals surface area contributed by atoms with Gasteiger partial charge in [0, 0.05) is 6.54 Å². The zero-order chi connectivity index (χ0) is 16.6. The van der Waals surface area contributed by atoms with Gasteiger partial charge in [0.25, 0.3) is 0 Å². The van der Waals surface area contributed by atoms with Crippen LogP contribution in [-0.2, 0) is 6.54 Å². The molecule has 3 aromatic rings. The summed E-state index contributed by atoms with van der Waals surface area (Å²) in [4.78, 5) is 12.5. The molecule has 23 heavy (non-hydrogen) atoms. The number of ether oxygens (including phenoxy) is 1. The van der Waals surface area contributed by atoms with Crippen molar-refractivity contribution in [1.82, 2.24) is 15.0 Å². The van der Waals surface area contributed by atoms with E-state index in [1.54, 1.807) is 16.8 Å². The number of benzene rings is 2. The first-order chi connectivity index (χ1) is 11.0. The molecule has 5 nitrogen and oxygen atoms in total. The van der Waals surface area contributed by atoms with Crippen LogP contribution in [0.3, 0.4) is 0 Å². The Hall–Kier alpha value is -2.69. The number of carbonyl (C=O) groups excluding carboxylic acids is 1. The first-order valence-electron chi connectivity index (χ1n) is 7.63. The summed E-state index contributed by atoms with van der Waals surface area (Å²) >= 11 is 0. The number of hydrogen-bond acceptors (Lipinski definition) is 4. The van der Waals surface area contributed by atoms with E-state index in [-0.39, 0.29) is 5.97 Å². The fourth-order valence-electron chi connectivity index (χ4n) is 2.57. The highest BCUT2D eigenvalue weighted by molar-refractivity contribution is 5.95. The summed E-state index contributed by atoms with van der Waals surface area (Å²) in [7, 11) is 0. The van der Waals surface area contributed by atoms with Crippen molar-refractivity contribution in [3.05, 3.63) is 52.6 Å². The molecule has 0 unspecified atom stereocenters. The van der Waals surface area contributed by atoms with Crippen LogP contribution in [0.25, 0.3) is 11.0 Å². The van der Waals surface area contributed by atoms with Gasteiger partial charge in [-0.05, 0) is 62.6 Å². The number of fused-ring (bicyclic) bond motifs is 1. The lowest BCUT2D eigenvalue weighted by molar-refractivity contribution is 0.0732. The molecule has 0 atom stereocenters. The Labute approximate surface area is 134 Å². The van der Waals surface area contributed by atoms with Gasteiger partial charge in [0.15, 0.2) is 0 Å². The van der Waals surface area contributed by atoms with Crippen LogP contribution in [0.4, 0.5) is 0 Å². The van der Waals surface area contributed by atoms with Crippen LogP contribution in [0.5, 0.6) is 5.75 Å². The monoisotopic (exact) mass is 309 g/mol. The maximum atomic E-state index is 12.5.